The molecule has 0 aliphatic heterocycles. The first-order valence-corrected chi connectivity index (χ1v) is 9.04. The molecule has 5 nitrogen and oxygen atoms in total. The molecule has 138 valence electrons. The number of rotatable bonds is 5. The molecular formula is C23H19N3O2. The van der Waals surface area contributed by atoms with E-state index in [9.17, 15) is 4.79 Å². The van der Waals surface area contributed by atoms with Crippen molar-refractivity contribution in [3.05, 3.63) is 96.4 Å². The molecule has 0 aliphatic rings. The number of carbonyl (C=O) groups is 1. The molecular weight excluding hydrogens is 350 g/mol. The number of benzene rings is 2. The van der Waals surface area contributed by atoms with E-state index in [0.29, 0.717) is 5.76 Å². The fraction of sp³-hybridized carbons (Fsp3) is 0.0870. The largest absolute Gasteiger partial charge is 0.355 e. The van der Waals surface area contributed by atoms with Gasteiger partial charge in [-0.15, -0.1) is 0 Å². The zero-order valence-electron chi connectivity index (χ0n) is 15.4. The molecule has 0 saturated carbocycles. The monoisotopic (exact) mass is 369 g/mol. The van der Waals surface area contributed by atoms with Crippen LogP contribution in [0.4, 0.5) is 0 Å². The summed E-state index contributed by atoms with van der Waals surface area (Å²) in [7, 11) is 0. The van der Waals surface area contributed by atoms with Crippen LogP contribution in [0.25, 0.3) is 22.5 Å². The van der Waals surface area contributed by atoms with Gasteiger partial charge in [-0.25, -0.2) is 0 Å². The van der Waals surface area contributed by atoms with Gasteiger partial charge in [0.05, 0.1) is 6.04 Å². The molecule has 0 aliphatic carbocycles. The van der Waals surface area contributed by atoms with Crippen LogP contribution in [0.15, 0.2) is 89.7 Å². The Morgan fingerprint density at radius 1 is 0.893 bits per heavy atom. The Morgan fingerprint density at radius 2 is 1.57 bits per heavy atom. The number of pyridine rings is 1. The van der Waals surface area contributed by atoms with E-state index in [0.717, 1.165) is 22.3 Å². The fourth-order valence-corrected chi connectivity index (χ4v) is 2.98. The van der Waals surface area contributed by atoms with E-state index in [2.05, 4.69) is 39.7 Å². The predicted molar refractivity (Wildman–Crippen MR) is 107 cm³/mol. The van der Waals surface area contributed by atoms with E-state index in [1.165, 1.54) is 0 Å². The number of amides is 1. The van der Waals surface area contributed by atoms with Crippen molar-refractivity contribution >= 4 is 5.91 Å². The maximum atomic E-state index is 12.5. The molecule has 0 radical (unpaired) electrons. The molecule has 5 heteroatoms. The molecule has 2 aromatic carbocycles. The van der Waals surface area contributed by atoms with Crippen molar-refractivity contribution in [2.75, 3.05) is 0 Å². The summed E-state index contributed by atoms with van der Waals surface area (Å²) < 4.78 is 5.29. The maximum Gasteiger partial charge on any atom is 0.273 e. The van der Waals surface area contributed by atoms with Gasteiger partial charge in [-0.05, 0) is 35.7 Å². The first-order chi connectivity index (χ1) is 13.7. The Kier molecular flexibility index (Phi) is 4.97. The Morgan fingerprint density at radius 3 is 2.29 bits per heavy atom. The minimum Gasteiger partial charge on any atom is -0.355 e. The van der Waals surface area contributed by atoms with Gasteiger partial charge in [-0.1, -0.05) is 59.8 Å². The zero-order valence-corrected chi connectivity index (χ0v) is 15.4. The Labute approximate surface area is 163 Å². The first-order valence-electron chi connectivity index (χ1n) is 9.04. The molecule has 1 amide bonds. The van der Waals surface area contributed by atoms with Crippen molar-refractivity contribution in [2.45, 2.75) is 13.0 Å². The molecule has 0 bridgehead atoms. The third-order valence-electron chi connectivity index (χ3n) is 4.57. The van der Waals surface area contributed by atoms with Crippen LogP contribution in [-0.4, -0.2) is 16.0 Å². The lowest BCUT2D eigenvalue weighted by Crippen LogP contribution is -2.26. The van der Waals surface area contributed by atoms with Gasteiger partial charge in [0.1, 0.15) is 0 Å². The van der Waals surface area contributed by atoms with Gasteiger partial charge in [-0.2, -0.15) is 0 Å². The summed E-state index contributed by atoms with van der Waals surface area (Å²) in [5, 5.41) is 6.85. The van der Waals surface area contributed by atoms with E-state index in [4.69, 9.17) is 4.52 Å². The number of carbonyl (C=O) groups excluding carboxylic acids is 1. The van der Waals surface area contributed by atoms with Crippen LogP contribution >= 0.6 is 0 Å². The van der Waals surface area contributed by atoms with Gasteiger partial charge < -0.3 is 9.84 Å². The predicted octanol–water partition coefficient (Wildman–Crippen LogP) is 4.89. The van der Waals surface area contributed by atoms with Crippen molar-refractivity contribution in [2.24, 2.45) is 0 Å². The Bertz CT molecular complexity index is 1060. The Hall–Kier alpha value is -3.73. The first kappa shape index (κ1) is 17.7. The van der Waals surface area contributed by atoms with Crippen molar-refractivity contribution in [1.29, 1.82) is 0 Å². The lowest BCUT2D eigenvalue weighted by molar-refractivity contribution is 0.0931. The number of hydrogen-bond acceptors (Lipinski definition) is 4. The smallest absolute Gasteiger partial charge is 0.273 e. The van der Waals surface area contributed by atoms with Crippen molar-refractivity contribution in [3.63, 3.8) is 0 Å². The molecule has 0 saturated heterocycles. The van der Waals surface area contributed by atoms with Gasteiger partial charge in [0.2, 0.25) is 0 Å². The second kappa shape index (κ2) is 7.88. The summed E-state index contributed by atoms with van der Waals surface area (Å²) >= 11 is 0. The molecule has 1 atom stereocenters. The molecule has 1 unspecified atom stereocenters. The molecule has 0 fully saturated rings. The third-order valence-corrected chi connectivity index (χ3v) is 4.57. The third kappa shape index (κ3) is 3.83. The van der Waals surface area contributed by atoms with Crippen molar-refractivity contribution in [3.8, 4) is 22.5 Å². The van der Waals surface area contributed by atoms with Crippen LogP contribution in [0.3, 0.4) is 0 Å². The average Bonchev–Trinajstić information content (AvgIpc) is 3.26. The second-order valence-corrected chi connectivity index (χ2v) is 6.50. The summed E-state index contributed by atoms with van der Waals surface area (Å²) in [6.45, 7) is 1.94. The van der Waals surface area contributed by atoms with Crippen LogP contribution in [0.2, 0.25) is 0 Å². The summed E-state index contributed by atoms with van der Waals surface area (Å²) in [6, 6.07) is 23.4. The fourth-order valence-electron chi connectivity index (χ4n) is 2.98. The molecule has 0 spiro atoms. The van der Waals surface area contributed by atoms with Gasteiger partial charge in [-0.3, -0.25) is 9.78 Å². The van der Waals surface area contributed by atoms with Gasteiger partial charge in [0.25, 0.3) is 5.91 Å². The minimum atomic E-state index is -0.274. The van der Waals surface area contributed by atoms with E-state index in [1.54, 1.807) is 30.6 Å². The second-order valence-electron chi connectivity index (χ2n) is 6.50. The van der Waals surface area contributed by atoms with Crippen LogP contribution < -0.4 is 5.32 Å². The molecule has 4 rings (SSSR count). The molecule has 28 heavy (non-hydrogen) atoms. The quantitative estimate of drug-likeness (QED) is 0.544. The van der Waals surface area contributed by atoms with Crippen molar-refractivity contribution < 1.29 is 9.32 Å². The van der Waals surface area contributed by atoms with Gasteiger partial charge >= 0.3 is 0 Å². The van der Waals surface area contributed by atoms with Crippen molar-refractivity contribution in [1.82, 2.24) is 15.5 Å². The van der Waals surface area contributed by atoms with E-state index in [1.807, 2.05) is 37.3 Å². The number of hydrogen-bond donors (Lipinski definition) is 1. The SMILES string of the molecule is CC(NC(=O)c1cc(-c2ccncc2)on1)c1ccc(-c2ccccc2)cc1. The summed E-state index contributed by atoms with van der Waals surface area (Å²) in [5.41, 5.74) is 4.40. The van der Waals surface area contributed by atoms with Crippen LogP contribution in [-0.2, 0) is 0 Å². The Balaban J connectivity index is 1.44. The summed E-state index contributed by atoms with van der Waals surface area (Å²) in [5.74, 6) is 0.260. The van der Waals surface area contributed by atoms with E-state index >= 15 is 0 Å². The highest BCUT2D eigenvalue weighted by atomic mass is 16.5. The molecule has 1 N–H and O–H groups in total. The molecule has 2 heterocycles. The zero-order chi connectivity index (χ0) is 19.3. The average molecular weight is 369 g/mol. The number of nitrogens with zero attached hydrogens (tertiary/aromatic N) is 2. The summed E-state index contributed by atoms with van der Waals surface area (Å²) in [4.78, 5) is 16.5. The van der Waals surface area contributed by atoms with Crippen LogP contribution in [0.5, 0.6) is 0 Å². The summed E-state index contributed by atoms with van der Waals surface area (Å²) in [6.07, 6.45) is 3.33. The number of aromatic nitrogens is 2. The van der Waals surface area contributed by atoms with Gasteiger partial charge in [0, 0.05) is 24.0 Å². The molecule has 4 aromatic rings. The number of nitrogens with one attached hydrogen (secondary N) is 1. The highest BCUT2D eigenvalue weighted by molar-refractivity contribution is 5.93. The van der Waals surface area contributed by atoms with E-state index in [-0.39, 0.29) is 17.6 Å². The molecule has 2 aromatic heterocycles. The topological polar surface area (TPSA) is 68.0 Å². The highest BCUT2D eigenvalue weighted by Crippen LogP contribution is 2.23. The lowest BCUT2D eigenvalue weighted by atomic mass is 10.0. The highest BCUT2D eigenvalue weighted by Gasteiger charge is 2.16. The standard InChI is InChI=1S/C23H19N3O2/c1-16(17-7-9-19(10-8-17)18-5-3-2-4-6-18)25-23(27)21-15-22(28-26-21)20-11-13-24-14-12-20/h2-16H,1H3,(H,25,27). The van der Waals surface area contributed by atoms with Crippen LogP contribution in [0, 0.1) is 0 Å². The lowest BCUT2D eigenvalue weighted by Gasteiger charge is -2.14. The van der Waals surface area contributed by atoms with E-state index < -0.39 is 0 Å². The van der Waals surface area contributed by atoms with Crippen LogP contribution in [0.1, 0.15) is 29.0 Å². The normalized spacial score (nSPS) is 11.8. The minimum absolute atomic E-state index is 0.154. The van der Waals surface area contributed by atoms with Gasteiger partial charge in [0.15, 0.2) is 11.5 Å². The maximum absolute atomic E-state index is 12.5.